The first kappa shape index (κ1) is 38.7. The molecule has 6 rings (SSSR count). The highest BCUT2D eigenvalue weighted by Crippen LogP contribution is 2.75. The van der Waals surface area contributed by atoms with E-state index in [1.165, 1.54) is 19.4 Å². The maximum Gasteiger partial charge on any atom is 0.309 e. The van der Waals surface area contributed by atoms with Crippen LogP contribution in [0.2, 0.25) is 0 Å². The molecular weight excluding hydrogens is 656 g/mol. The minimum absolute atomic E-state index is 0.0250. The Labute approximate surface area is 302 Å². The van der Waals surface area contributed by atoms with Crippen LogP contribution in [-0.4, -0.2) is 87.9 Å². The van der Waals surface area contributed by atoms with Crippen molar-refractivity contribution >= 4 is 17.9 Å². The summed E-state index contributed by atoms with van der Waals surface area (Å²) in [6, 6.07) is 0. The molecule has 5 fully saturated rings. The largest absolute Gasteiger partial charge is 0.481 e. The Balaban J connectivity index is 1.30. The van der Waals surface area contributed by atoms with Crippen LogP contribution in [0.25, 0.3) is 0 Å². The normalized spacial score (nSPS) is 52.2. The second-order valence-electron chi connectivity index (χ2n) is 18.9. The number of carboxylic acid groups (broad SMARTS) is 1. The van der Waals surface area contributed by atoms with Crippen molar-refractivity contribution in [2.45, 2.75) is 163 Å². The third-order valence-corrected chi connectivity index (χ3v) is 16.2. The van der Waals surface area contributed by atoms with Gasteiger partial charge < -0.3 is 39.4 Å². The summed E-state index contributed by atoms with van der Waals surface area (Å²) >= 11 is 0. The first-order chi connectivity index (χ1) is 23.6. The van der Waals surface area contributed by atoms with Crippen molar-refractivity contribution < 1.29 is 53.8 Å². The molecular formula is C40H62O11. The molecule has 0 spiro atoms. The van der Waals surface area contributed by atoms with E-state index < -0.39 is 77.1 Å². The summed E-state index contributed by atoms with van der Waals surface area (Å²) in [7, 11) is 0. The van der Waals surface area contributed by atoms with Crippen LogP contribution in [0.1, 0.15) is 120 Å². The molecule has 5 aliphatic carbocycles. The standard InChI is InChI=1S/C40H62O11/c1-21-31(50-22(2)41)30(45)32(51-23(3)42)33(49-21)48-20-37(6)26-12-13-39(8)27(40(26,9)29(44)18-28(37)43)11-10-24-25-19-36(5,34(46)47)15-14-35(25,4)16-17-38(24,39)7/h10,21,25-33,43-45H,11-20H2,1-9H3,(H,46,47). The first-order valence-corrected chi connectivity index (χ1v) is 19.2. The lowest BCUT2D eigenvalue weighted by molar-refractivity contribution is -0.317. The monoisotopic (exact) mass is 718 g/mol. The van der Waals surface area contributed by atoms with E-state index in [-0.39, 0.29) is 47.0 Å². The van der Waals surface area contributed by atoms with Crippen LogP contribution in [-0.2, 0) is 33.3 Å². The Hall–Kier alpha value is -2.05. The van der Waals surface area contributed by atoms with Gasteiger partial charge in [0.25, 0.3) is 0 Å². The highest BCUT2D eigenvalue weighted by Gasteiger charge is 2.71. The highest BCUT2D eigenvalue weighted by molar-refractivity contribution is 5.74. The lowest BCUT2D eigenvalue weighted by Gasteiger charge is -2.72. The second kappa shape index (κ2) is 12.8. The molecule has 0 radical (unpaired) electrons. The second-order valence-corrected chi connectivity index (χ2v) is 18.9. The van der Waals surface area contributed by atoms with Gasteiger partial charge in [0.05, 0.1) is 30.3 Å². The Kier molecular flexibility index (Phi) is 9.69. The van der Waals surface area contributed by atoms with Gasteiger partial charge in [-0.05, 0) is 99.2 Å². The van der Waals surface area contributed by atoms with E-state index in [1.807, 2.05) is 13.8 Å². The number of carbonyl (C=O) groups excluding carboxylic acids is 2. The molecule has 0 aromatic rings. The van der Waals surface area contributed by atoms with Gasteiger partial charge in [-0.3, -0.25) is 14.4 Å². The Morgan fingerprint density at radius 3 is 2.12 bits per heavy atom. The summed E-state index contributed by atoms with van der Waals surface area (Å²) in [5.74, 6) is -1.80. The summed E-state index contributed by atoms with van der Waals surface area (Å²) in [5, 5.41) is 45.2. The molecule has 11 heteroatoms. The number of aliphatic hydroxyl groups excluding tert-OH is 3. The summed E-state index contributed by atoms with van der Waals surface area (Å²) in [6.07, 6.45) is 2.04. The predicted octanol–water partition coefficient (Wildman–Crippen LogP) is 5.17. The number of carbonyl (C=O) groups is 3. The molecule has 1 heterocycles. The smallest absolute Gasteiger partial charge is 0.309 e. The number of ether oxygens (including phenoxy) is 4. The SMILES string of the molecule is CC(=O)OC1C(C)OC(OCC2(C)C(O)CC(O)C3(C)C2CCC2(C)C3CC=C3C4CC(C)(C(=O)O)CCC4(C)CCC32C)C(OC(C)=O)C1O. The Morgan fingerprint density at radius 1 is 0.863 bits per heavy atom. The molecule has 1 aliphatic heterocycles. The summed E-state index contributed by atoms with van der Waals surface area (Å²) in [4.78, 5) is 36.3. The number of aliphatic carboxylic acids is 1. The number of carboxylic acids is 1. The van der Waals surface area contributed by atoms with Gasteiger partial charge >= 0.3 is 17.9 Å². The number of hydrogen-bond donors (Lipinski definition) is 4. The third kappa shape index (κ3) is 5.73. The van der Waals surface area contributed by atoms with Crippen LogP contribution >= 0.6 is 0 Å². The van der Waals surface area contributed by atoms with E-state index in [9.17, 15) is 34.8 Å². The average Bonchev–Trinajstić information content (AvgIpc) is 3.03. The molecule has 0 aromatic carbocycles. The molecule has 0 aromatic heterocycles. The fraction of sp³-hybridized carbons (Fsp3) is 0.875. The van der Waals surface area contributed by atoms with E-state index in [1.54, 1.807) is 6.92 Å². The number of fused-ring (bicyclic) bond motifs is 7. The van der Waals surface area contributed by atoms with Crippen molar-refractivity contribution in [3.63, 3.8) is 0 Å². The van der Waals surface area contributed by atoms with E-state index in [0.717, 1.165) is 38.5 Å². The van der Waals surface area contributed by atoms with Crippen LogP contribution in [0, 0.1) is 50.2 Å². The zero-order chi connectivity index (χ0) is 37.7. The Morgan fingerprint density at radius 2 is 1.49 bits per heavy atom. The summed E-state index contributed by atoms with van der Waals surface area (Å²) < 4.78 is 23.3. The minimum atomic E-state index is -1.39. The van der Waals surface area contributed by atoms with Crippen molar-refractivity contribution in [1.82, 2.24) is 0 Å². The average molecular weight is 719 g/mol. The van der Waals surface area contributed by atoms with Crippen molar-refractivity contribution in [3.05, 3.63) is 11.6 Å². The van der Waals surface area contributed by atoms with Gasteiger partial charge in [-0.15, -0.1) is 0 Å². The van der Waals surface area contributed by atoms with Gasteiger partial charge in [-0.2, -0.15) is 0 Å². The predicted molar refractivity (Wildman–Crippen MR) is 186 cm³/mol. The fourth-order valence-corrected chi connectivity index (χ4v) is 12.6. The van der Waals surface area contributed by atoms with Crippen molar-refractivity contribution in [3.8, 4) is 0 Å². The fourth-order valence-electron chi connectivity index (χ4n) is 12.6. The quantitative estimate of drug-likeness (QED) is 0.211. The number of rotatable bonds is 6. The number of esters is 2. The Bertz CT molecular complexity index is 1450. The van der Waals surface area contributed by atoms with Crippen LogP contribution in [0.15, 0.2) is 11.6 Å². The zero-order valence-corrected chi connectivity index (χ0v) is 32.1. The minimum Gasteiger partial charge on any atom is -0.481 e. The number of allylic oxidation sites excluding steroid dienone is 2. The zero-order valence-electron chi connectivity index (χ0n) is 32.1. The van der Waals surface area contributed by atoms with Crippen LogP contribution in [0.5, 0.6) is 0 Å². The van der Waals surface area contributed by atoms with Crippen molar-refractivity contribution in [1.29, 1.82) is 0 Å². The van der Waals surface area contributed by atoms with Gasteiger partial charge in [0.15, 0.2) is 18.5 Å². The van der Waals surface area contributed by atoms with Gasteiger partial charge in [-0.25, -0.2) is 0 Å². The molecule has 288 valence electrons. The first-order valence-electron chi connectivity index (χ1n) is 19.2. The molecule has 16 atom stereocenters. The number of aliphatic hydroxyl groups is 3. The van der Waals surface area contributed by atoms with Gasteiger partial charge in [0, 0.05) is 31.1 Å². The maximum atomic E-state index is 12.5. The number of hydrogen-bond acceptors (Lipinski definition) is 10. The van der Waals surface area contributed by atoms with E-state index in [4.69, 9.17) is 18.9 Å². The highest BCUT2D eigenvalue weighted by atomic mass is 16.7. The molecule has 0 amide bonds. The van der Waals surface area contributed by atoms with Crippen molar-refractivity contribution in [2.24, 2.45) is 50.2 Å². The van der Waals surface area contributed by atoms with E-state index in [0.29, 0.717) is 12.8 Å². The van der Waals surface area contributed by atoms with Crippen LogP contribution in [0.4, 0.5) is 0 Å². The lowest BCUT2D eigenvalue weighted by atomic mass is 9.33. The molecule has 1 saturated heterocycles. The van der Waals surface area contributed by atoms with Crippen LogP contribution < -0.4 is 0 Å². The summed E-state index contributed by atoms with van der Waals surface area (Å²) in [6.45, 7) is 17.4. The third-order valence-electron chi connectivity index (χ3n) is 16.2. The molecule has 4 N–H and O–H groups in total. The summed E-state index contributed by atoms with van der Waals surface area (Å²) in [5.41, 5.74) is -0.962. The van der Waals surface area contributed by atoms with Gasteiger partial charge in [-0.1, -0.05) is 46.3 Å². The molecule has 11 nitrogen and oxygen atoms in total. The van der Waals surface area contributed by atoms with Crippen molar-refractivity contribution in [2.75, 3.05) is 6.61 Å². The van der Waals surface area contributed by atoms with Gasteiger partial charge in [0.2, 0.25) is 0 Å². The molecule has 51 heavy (non-hydrogen) atoms. The lowest BCUT2D eigenvalue weighted by Crippen LogP contribution is -2.69. The molecule has 16 unspecified atom stereocenters. The maximum absolute atomic E-state index is 12.5. The van der Waals surface area contributed by atoms with Crippen LogP contribution in [0.3, 0.4) is 0 Å². The molecule has 4 saturated carbocycles. The van der Waals surface area contributed by atoms with E-state index >= 15 is 0 Å². The molecule has 6 aliphatic rings. The van der Waals surface area contributed by atoms with Gasteiger partial charge in [0.1, 0.15) is 6.10 Å². The topological polar surface area (TPSA) is 169 Å². The molecule has 0 bridgehead atoms. The van der Waals surface area contributed by atoms with E-state index in [2.05, 4.69) is 33.8 Å².